The molecule has 0 saturated heterocycles. The topological polar surface area (TPSA) is 0 Å². The normalized spacial score (nSPS) is 12.3. The maximum Gasteiger partial charge on any atom is 0.141 e. The Labute approximate surface area is 66.0 Å². The van der Waals surface area contributed by atoms with Crippen molar-refractivity contribution in [2.45, 2.75) is 40.4 Å². The lowest BCUT2D eigenvalue weighted by Crippen LogP contribution is -1.92. The first kappa shape index (κ1) is 9.80. The van der Waals surface area contributed by atoms with Crippen molar-refractivity contribution >= 4 is 7.28 Å². The second-order valence-corrected chi connectivity index (χ2v) is 3.09. The minimum atomic E-state index is 0.702. The average molecular weight is 137 g/mol. The molecule has 10 heavy (non-hydrogen) atoms. The summed E-state index contributed by atoms with van der Waals surface area (Å²) < 4.78 is 0. The van der Waals surface area contributed by atoms with Gasteiger partial charge in [0.1, 0.15) is 7.28 Å². The van der Waals surface area contributed by atoms with Gasteiger partial charge in [0.25, 0.3) is 0 Å². The molecule has 1 radical (unpaired) electrons. The molecule has 0 aromatic carbocycles. The summed E-state index contributed by atoms with van der Waals surface area (Å²) in [5, 5.41) is 0. The molecule has 0 bridgehead atoms. The smallest absolute Gasteiger partial charge is 0.123 e. The van der Waals surface area contributed by atoms with E-state index in [4.69, 9.17) is 0 Å². The van der Waals surface area contributed by atoms with Gasteiger partial charge >= 0.3 is 0 Å². The number of allylic oxidation sites excluding steroid dienone is 1. The van der Waals surface area contributed by atoms with Gasteiger partial charge in [-0.2, -0.15) is 0 Å². The Morgan fingerprint density at radius 3 is 2.50 bits per heavy atom. The fourth-order valence-corrected chi connectivity index (χ4v) is 0.628. The molecule has 0 rings (SSSR count). The van der Waals surface area contributed by atoms with Gasteiger partial charge < -0.3 is 0 Å². The fraction of sp³-hybridized carbons (Fsp3) is 0.778. The summed E-state index contributed by atoms with van der Waals surface area (Å²) in [6, 6.07) is 0. The van der Waals surface area contributed by atoms with E-state index in [1.54, 1.807) is 0 Å². The Balaban J connectivity index is 3.48. The highest BCUT2D eigenvalue weighted by Gasteiger charge is 1.94. The molecule has 0 aliphatic rings. The van der Waals surface area contributed by atoms with Gasteiger partial charge in [0, 0.05) is 0 Å². The minimum Gasteiger partial charge on any atom is -0.123 e. The lowest BCUT2D eigenvalue weighted by Gasteiger charge is -2.03. The maximum atomic E-state index is 2.26. The summed E-state index contributed by atoms with van der Waals surface area (Å²) in [5.74, 6) is 2.95. The predicted octanol–water partition coefficient (Wildman–Crippen LogP) is 3.08. The SMILES string of the molecule is CCC[B]C=C(C)C(C)C. The number of rotatable bonds is 4. The Hall–Kier alpha value is -0.195. The van der Waals surface area contributed by atoms with Crippen LogP contribution in [0.4, 0.5) is 0 Å². The van der Waals surface area contributed by atoms with E-state index in [9.17, 15) is 0 Å². The highest BCUT2D eigenvalue weighted by atomic mass is 14.0. The van der Waals surface area contributed by atoms with Crippen molar-refractivity contribution < 1.29 is 0 Å². The van der Waals surface area contributed by atoms with Crippen LogP contribution in [0.1, 0.15) is 34.1 Å². The van der Waals surface area contributed by atoms with Gasteiger partial charge in [-0.1, -0.05) is 39.1 Å². The van der Waals surface area contributed by atoms with Crippen molar-refractivity contribution in [3.05, 3.63) is 11.5 Å². The van der Waals surface area contributed by atoms with E-state index in [2.05, 4.69) is 40.9 Å². The van der Waals surface area contributed by atoms with Crippen LogP contribution in [-0.2, 0) is 0 Å². The van der Waals surface area contributed by atoms with E-state index < -0.39 is 0 Å². The van der Waals surface area contributed by atoms with Gasteiger partial charge in [0.2, 0.25) is 0 Å². The number of hydrogen-bond donors (Lipinski definition) is 0. The van der Waals surface area contributed by atoms with E-state index in [-0.39, 0.29) is 0 Å². The molecule has 1 heteroatoms. The average Bonchev–Trinajstić information content (AvgIpc) is 1.88. The van der Waals surface area contributed by atoms with Gasteiger partial charge in [-0.25, -0.2) is 0 Å². The van der Waals surface area contributed by atoms with Crippen molar-refractivity contribution in [1.82, 2.24) is 0 Å². The molecule has 0 atom stereocenters. The second kappa shape index (κ2) is 5.58. The van der Waals surface area contributed by atoms with Crippen LogP contribution in [-0.4, -0.2) is 7.28 Å². The van der Waals surface area contributed by atoms with Crippen LogP contribution < -0.4 is 0 Å². The molecular formula is C9H18B. The third kappa shape index (κ3) is 4.66. The van der Waals surface area contributed by atoms with Gasteiger partial charge in [-0.3, -0.25) is 0 Å². The Morgan fingerprint density at radius 2 is 2.10 bits per heavy atom. The molecule has 0 heterocycles. The molecule has 0 aliphatic heterocycles. The van der Waals surface area contributed by atoms with Crippen LogP contribution >= 0.6 is 0 Å². The van der Waals surface area contributed by atoms with Crippen molar-refractivity contribution in [2.24, 2.45) is 5.92 Å². The van der Waals surface area contributed by atoms with Crippen LogP contribution in [0, 0.1) is 5.92 Å². The van der Waals surface area contributed by atoms with E-state index in [0.29, 0.717) is 5.92 Å². The van der Waals surface area contributed by atoms with Crippen molar-refractivity contribution in [2.75, 3.05) is 0 Å². The van der Waals surface area contributed by atoms with Gasteiger partial charge in [-0.05, 0) is 12.8 Å². The summed E-state index contributed by atoms with van der Waals surface area (Å²) >= 11 is 0. The number of hydrogen-bond acceptors (Lipinski definition) is 0. The standard InChI is InChI=1S/C9H18B/c1-5-6-10-7-9(4)8(2)3/h7-8H,5-6H2,1-4H3. The second-order valence-electron chi connectivity index (χ2n) is 3.09. The van der Waals surface area contributed by atoms with E-state index >= 15 is 0 Å². The van der Waals surface area contributed by atoms with Crippen LogP contribution in [0.2, 0.25) is 6.32 Å². The van der Waals surface area contributed by atoms with Crippen LogP contribution in [0.15, 0.2) is 11.5 Å². The molecule has 0 spiro atoms. The van der Waals surface area contributed by atoms with Crippen molar-refractivity contribution in [1.29, 1.82) is 0 Å². The van der Waals surface area contributed by atoms with Crippen LogP contribution in [0.5, 0.6) is 0 Å². The quantitative estimate of drug-likeness (QED) is 0.412. The Bertz CT molecular complexity index is 103. The first-order valence-electron chi connectivity index (χ1n) is 4.18. The Morgan fingerprint density at radius 1 is 1.50 bits per heavy atom. The van der Waals surface area contributed by atoms with E-state index in [1.165, 1.54) is 18.3 Å². The molecule has 0 unspecified atom stereocenters. The molecule has 0 aliphatic carbocycles. The molecule has 0 N–H and O–H groups in total. The zero-order valence-corrected chi connectivity index (χ0v) is 7.65. The molecule has 0 saturated carbocycles. The van der Waals surface area contributed by atoms with Crippen molar-refractivity contribution in [3.63, 3.8) is 0 Å². The molecule has 0 aromatic rings. The monoisotopic (exact) mass is 137 g/mol. The lowest BCUT2D eigenvalue weighted by atomic mass is 9.71. The molecule has 0 amide bonds. The summed E-state index contributed by atoms with van der Waals surface area (Å²) in [6.45, 7) is 8.85. The van der Waals surface area contributed by atoms with Gasteiger partial charge in [0.15, 0.2) is 0 Å². The summed E-state index contributed by atoms with van der Waals surface area (Å²) in [5.41, 5.74) is 1.48. The Kier molecular flexibility index (Phi) is 5.47. The van der Waals surface area contributed by atoms with Gasteiger partial charge in [-0.15, -0.1) is 5.98 Å². The first-order valence-corrected chi connectivity index (χ1v) is 4.18. The summed E-state index contributed by atoms with van der Waals surface area (Å²) in [4.78, 5) is 0. The maximum absolute atomic E-state index is 2.26. The highest BCUT2D eigenvalue weighted by molar-refractivity contribution is 6.42. The molecule has 0 fully saturated rings. The highest BCUT2D eigenvalue weighted by Crippen LogP contribution is 2.06. The lowest BCUT2D eigenvalue weighted by molar-refractivity contribution is 0.771. The largest absolute Gasteiger partial charge is 0.141 e. The zero-order chi connectivity index (χ0) is 7.98. The minimum absolute atomic E-state index is 0.702. The summed E-state index contributed by atoms with van der Waals surface area (Å²) in [6.07, 6.45) is 2.46. The van der Waals surface area contributed by atoms with Crippen molar-refractivity contribution in [3.8, 4) is 0 Å². The molecule has 0 nitrogen and oxygen atoms in total. The molecule has 0 aromatic heterocycles. The van der Waals surface area contributed by atoms with E-state index in [1.807, 2.05) is 0 Å². The van der Waals surface area contributed by atoms with Crippen LogP contribution in [0.25, 0.3) is 0 Å². The molecule has 57 valence electrons. The molecular weight excluding hydrogens is 119 g/mol. The predicted molar refractivity (Wildman–Crippen MR) is 49.4 cm³/mol. The zero-order valence-electron chi connectivity index (χ0n) is 7.65. The van der Waals surface area contributed by atoms with Gasteiger partial charge in [0.05, 0.1) is 0 Å². The summed E-state index contributed by atoms with van der Waals surface area (Å²) in [7, 11) is 2.26. The van der Waals surface area contributed by atoms with E-state index in [0.717, 1.165) is 0 Å². The first-order chi connectivity index (χ1) is 4.68. The third-order valence-corrected chi connectivity index (χ3v) is 1.75. The fourth-order valence-electron chi connectivity index (χ4n) is 0.628. The third-order valence-electron chi connectivity index (χ3n) is 1.75. The van der Waals surface area contributed by atoms with Crippen LogP contribution in [0.3, 0.4) is 0 Å².